The second-order valence-corrected chi connectivity index (χ2v) is 4.31. The number of benzene rings is 1. The van der Waals surface area contributed by atoms with E-state index in [0.717, 1.165) is 5.56 Å². The summed E-state index contributed by atoms with van der Waals surface area (Å²) >= 11 is 5.90. The van der Waals surface area contributed by atoms with Gasteiger partial charge in [0.1, 0.15) is 11.8 Å². The highest BCUT2D eigenvalue weighted by molar-refractivity contribution is 6.30. The second-order valence-electron chi connectivity index (χ2n) is 3.88. The molecule has 94 valence electrons. The Kier molecular flexibility index (Phi) is 3.67. The lowest BCUT2D eigenvalue weighted by Crippen LogP contribution is -2.04. The molecule has 4 nitrogen and oxygen atoms in total. The molecule has 1 heterocycles. The molecule has 0 saturated carbocycles. The summed E-state index contributed by atoms with van der Waals surface area (Å²) in [6.07, 6.45) is -0.431. The SMILES string of the molecule is CC(=O)O[C@@H](C)c1cc(-c2cccc(Cl)c2)on1. The number of esters is 1. The molecule has 0 fully saturated rings. The third kappa shape index (κ3) is 2.90. The van der Waals surface area contributed by atoms with Crippen LogP contribution in [0.5, 0.6) is 0 Å². The van der Waals surface area contributed by atoms with E-state index < -0.39 is 6.10 Å². The Morgan fingerprint density at radius 1 is 1.44 bits per heavy atom. The Bertz CT molecular complexity index is 565. The molecule has 5 heteroatoms. The molecule has 18 heavy (non-hydrogen) atoms. The Labute approximate surface area is 109 Å². The van der Waals surface area contributed by atoms with Gasteiger partial charge in [0.25, 0.3) is 0 Å². The lowest BCUT2D eigenvalue weighted by atomic mass is 10.1. The largest absolute Gasteiger partial charge is 0.456 e. The average Bonchev–Trinajstić information content (AvgIpc) is 2.77. The maximum Gasteiger partial charge on any atom is 0.303 e. The van der Waals surface area contributed by atoms with Crippen molar-refractivity contribution in [3.63, 3.8) is 0 Å². The Morgan fingerprint density at radius 3 is 2.89 bits per heavy atom. The number of carbonyl (C=O) groups is 1. The molecule has 1 aromatic heterocycles. The highest BCUT2D eigenvalue weighted by atomic mass is 35.5. The van der Waals surface area contributed by atoms with Gasteiger partial charge in [-0.15, -0.1) is 0 Å². The minimum absolute atomic E-state index is 0.352. The van der Waals surface area contributed by atoms with Crippen LogP contribution in [0.3, 0.4) is 0 Å². The van der Waals surface area contributed by atoms with Crippen molar-refractivity contribution in [2.75, 3.05) is 0 Å². The summed E-state index contributed by atoms with van der Waals surface area (Å²) in [5.74, 6) is 0.237. The van der Waals surface area contributed by atoms with E-state index in [1.807, 2.05) is 12.1 Å². The standard InChI is InChI=1S/C13H12ClNO3/c1-8(17-9(2)16)12-7-13(18-15-12)10-4-3-5-11(14)6-10/h3-8H,1-2H3/t8-/m0/s1. The van der Waals surface area contributed by atoms with Gasteiger partial charge >= 0.3 is 5.97 Å². The quantitative estimate of drug-likeness (QED) is 0.796. The van der Waals surface area contributed by atoms with Crippen molar-refractivity contribution in [3.8, 4) is 11.3 Å². The molecule has 2 aromatic rings. The Balaban J connectivity index is 2.22. The molecule has 0 aliphatic heterocycles. The van der Waals surface area contributed by atoms with E-state index in [4.69, 9.17) is 20.9 Å². The first-order valence-electron chi connectivity index (χ1n) is 5.46. The molecule has 0 aliphatic carbocycles. The third-order valence-corrected chi connectivity index (χ3v) is 2.63. The molecule has 0 radical (unpaired) electrons. The highest BCUT2D eigenvalue weighted by Crippen LogP contribution is 2.26. The van der Waals surface area contributed by atoms with Crippen LogP contribution in [-0.2, 0) is 9.53 Å². The molecule has 0 unspecified atom stereocenters. The van der Waals surface area contributed by atoms with Crippen LogP contribution < -0.4 is 0 Å². The van der Waals surface area contributed by atoms with E-state index in [9.17, 15) is 4.79 Å². The summed E-state index contributed by atoms with van der Waals surface area (Å²) in [5.41, 5.74) is 1.40. The number of carbonyl (C=O) groups excluding carboxylic acids is 1. The molecule has 1 atom stereocenters. The van der Waals surface area contributed by atoms with Gasteiger partial charge in [-0.1, -0.05) is 28.9 Å². The first-order chi connectivity index (χ1) is 8.56. The molecule has 0 amide bonds. The van der Waals surface area contributed by atoms with Gasteiger partial charge in [0.15, 0.2) is 5.76 Å². The molecular weight excluding hydrogens is 254 g/mol. The van der Waals surface area contributed by atoms with Crippen LogP contribution in [0.15, 0.2) is 34.9 Å². The van der Waals surface area contributed by atoms with Crippen molar-refractivity contribution in [1.82, 2.24) is 5.16 Å². The fourth-order valence-corrected chi connectivity index (χ4v) is 1.76. The maximum atomic E-state index is 10.9. The third-order valence-electron chi connectivity index (χ3n) is 2.40. The summed E-state index contributed by atoms with van der Waals surface area (Å²) in [7, 11) is 0. The van der Waals surface area contributed by atoms with Crippen LogP contribution in [-0.4, -0.2) is 11.1 Å². The average molecular weight is 266 g/mol. The predicted octanol–water partition coefficient (Wildman–Crippen LogP) is 3.62. The van der Waals surface area contributed by atoms with Gasteiger partial charge in [-0.05, 0) is 19.1 Å². The van der Waals surface area contributed by atoms with E-state index in [-0.39, 0.29) is 5.97 Å². The summed E-state index contributed by atoms with van der Waals surface area (Å²) in [6.45, 7) is 3.09. The van der Waals surface area contributed by atoms with E-state index in [1.165, 1.54) is 6.92 Å². The number of rotatable bonds is 3. The molecule has 0 N–H and O–H groups in total. The van der Waals surface area contributed by atoms with Crippen LogP contribution in [0.4, 0.5) is 0 Å². The zero-order valence-electron chi connectivity index (χ0n) is 10.0. The summed E-state index contributed by atoms with van der Waals surface area (Å²) in [4.78, 5) is 10.9. The molecule has 0 spiro atoms. The van der Waals surface area contributed by atoms with Crippen molar-refractivity contribution in [1.29, 1.82) is 0 Å². The summed E-state index contributed by atoms with van der Waals surface area (Å²) in [6, 6.07) is 8.99. The fraction of sp³-hybridized carbons (Fsp3) is 0.231. The predicted molar refractivity (Wildman–Crippen MR) is 67.1 cm³/mol. The van der Waals surface area contributed by atoms with Gasteiger partial charge in [-0.2, -0.15) is 0 Å². The van der Waals surface area contributed by atoms with Crippen molar-refractivity contribution in [3.05, 3.63) is 41.0 Å². The number of aromatic nitrogens is 1. The lowest BCUT2D eigenvalue weighted by Gasteiger charge is -2.06. The van der Waals surface area contributed by atoms with Crippen molar-refractivity contribution in [2.24, 2.45) is 0 Å². The van der Waals surface area contributed by atoms with E-state index in [2.05, 4.69) is 5.16 Å². The van der Waals surface area contributed by atoms with E-state index in [0.29, 0.717) is 16.5 Å². The normalized spacial score (nSPS) is 12.2. The number of hydrogen-bond donors (Lipinski definition) is 0. The van der Waals surface area contributed by atoms with Crippen LogP contribution in [0.25, 0.3) is 11.3 Å². The van der Waals surface area contributed by atoms with Crippen molar-refractivity contribution in [2.45, 2.75) is 20.0 Å². The first kappa shape index (κ1) is 12.6. The first-order valence-corrected chi connectivity index (χ1v) is 5.84. The lowest BCUT2D eigenvalue weighted by molar-refractivity contribution is -0.146. The van der Waals surface area contributed by atoms with E-state index >= 15 is 0 Å². The molecule has 1 aromatic carbocycles. The Hall–Kier alpha value is -1.81. The van der Waals surface area contributed by atoms with Gasteiger partial charge in [0, 0.05) is 23.6 Å². The summed E-state index contributed by atoms with van der Waals surface area (Å²) in [5, 5.41) is 4.50. The minimum atomic E-state index is -0.431. The van der Waals surface area contributed by atoms with Crippen LogP contribution in [0.2, 0.25) is 5.02 Å². The van der Waals surface area contributed by atoms with Crippen molar-refractivity contribution < 1.29 is 14.1 Å². The number of halogens is 1. The van der Waals surface area contributed by atoms with Crippen molar-refractivity contribution >= 4 is 17.6 Å². The van der Waals surface area contributed by atoms with Crippen LogP contribution in [0, 0.1) is 0 Å². The Morgan fingerprint density at radius 2 is 2.22 bits per heavy atom. The molecule has 0 aliphatic rings. The zero-order chi connectivity index (χ0) is 13.1. The molecule has 0 bridgehead atoms. The van der Waals surface area contributed by atoms with Gasteiger partial charge in [-0.25, -0.2) is 0 Å². The molecular formula is C13H12ClNO3. The number of nitrogens with zero attached hydrogens (tertiary/aromatic N) is 1. The number of ether oxygens (including phenoxy) is 1. The van der Waals surface area contributed by atoms with E-state index in [1.54, 1.807) is 25.1 Å². The minimum Gasteiger partial charge on any atom is -0.456 e. The van der Waals surface area contributed by atoms with Gasteiger partial charge in [0.05, 0.1) is 0 Å². The van der Waals surface area contributed by atoms with Gasteiger partial charge < -0.3 is 9.26 Å². The smallest absolute Gasteiger partial charge is 0.303 e. The fourth-order valence-electron chi connectivity index (χ4n) is 1.57. The molecule has 0 saturated heterocycles. The second kappa shape index (κ2) is 5.23. The highest BCUT2D eigenvalue weighted by Gasteiger charge is 2.15. The maximum absolute atomic E-state index is 10.9. The van der Waals surface area contributed by atoms with Crippen LogP contribution >= 0.6 is 11.6 Å². The topological polar surface area (TPSA) is 52.3 Å². The molecule has 2 rings (SSSR count). The van der Waals surface area contributed by atoms with Gasteiger partial charge in [0.2, 0.25) is 0 Å². The van der Waals surface area contributed by atoms with Crippen LogP contribution in [0.1, 0.15) is 25.6 Å². The zero-order valence-corrected chi connectivity index (χ0v) is 10.8. The summed E-state index contributed by atoms with van der Waals surface area (Å²) < 4.78 is 10.2. The monoisotopic (exact) mass is 265 g/mol. The number of hydrogen-bond acceptors (Lipinski definition) is 4. The van der Waals surface area contributed by atoms with Gasteiger partial charge in [-0.3, -0.25) is 4.79 Å².